The van der Waals surface area contributed by atoms with Gasteiger partial charge < -0.3 is 34.4 Å². The minimum atomic E-state index is -4.43. The zero-order valence-corrected chi connectivity index (χ0v) is 43.2. The van der Waals surface area contributed by atoms with Crippen molar-refractivity contribution < 1.29 is 37.5 Å². The second-order valence-corrected chi connectivity index (χ2v) is 23.0. The largest absolute Gasteiger partial charge is 0.493 e. The molecule has 72 heavy (non-hydrogen) atoms. The Morgan fingerprint density at radius 3 is 2.35 bits per heavy atom. The summed E-state index contributed by atoms with van der Waals surface area (Å²) < 4.78 is 46.8. The lowest BCUT2D eigenvalue weighted by Gasteiger charge is -2.62. The van der Waals surface area contributed by atoms with Crippen LogP contribution in [0.15, 0.2) is 83.9 Å². The Hall–Kier alpha value is -5.53. The van der Waals surface area contributed by atoms with Gasteiger partial charge in [0, 0.05) is 94.0 Å². The number of nitro benzene ring substituents is 1. The van der Waals surface area contributed by atoms with Gasteiger partial charge in [-0.1, -0.05) is 25.1 Å². The van der Waals surface area contributed by atoms with Gasteiger partial charge in [0.15, 0.2) is 11.6 Å². The van der Waals surface area contributed by atoms with E-state index in [9.17, 15) is 28.4 Å². The molecule has 3 aliphatic heterocycles. The van der Waals surface area contributed by atoms with Gasteiger partial charge in [-0.2, -0.15) is 0 Å². The molecular weight excluding hydrogens is 937 g/mol. The van der Waals surface area contributed by atoms with Crippen LogP contribution in [0.5, 0.6) is 11.5 Å². The number of methoxy groups -OCH3 is 1. The maximum absolute atomic E-state index is 13.4. The van der Waals surface area contributed by atoms with Crippen LogP contribution in [0, 0.1) is 27.4 Å². The average molecular weight is 1010 g/mol. The summed E-state index contributed by atoms with van der Waals surface area (Å²) in [5.74, 6) is 2.49. The highest BCUT2D eigenvalue weighted by Gasteiger charge is 2.55. The number of pyridine rings is 1. The topological polar surface area (TPSA) is 192 Å². The van der Waals surface area contributed by atoms with Crippen molar-refractivity contribution in [3.05, 3.63) is 106 Å². The molecule has 0 unspecified atom stereocenters. The highest BCUT2D eigenvalue weighted by molar-refractivity contribution is 7.90. The summed E-state index contributed by atoms with van der Waals surface area (Å²) in [4.78, 5) is 39.1. The van der Waals surface area contributed by atoms with Crippen LogP contribution >= 0.6 is 0 Å². The second-order valence-electron chi connectivity index (χ2n) is 21.3. The number of aromatic nitrogens is 1. The van der Waals surface area contributed by atoms with Crippen LogP contribution in [0.1, 0.15) is 100 Å². The molecule has 3 saturated heterocycles. The highest BCUT2D eigenvalue weighted by Crippen LogP contribution is 2.57. The first-order valence-corrected chi connectivity index (χ1v) is 27.3. The summed E-state index contributed by atoms with van der Waals surface area (Å²) >= 11 is 0. The van der Waals surface area contributed by atoms with Gasteiger partial charge in [-0.25, -0.2) is 18.1 Å². The number of anilines is 3. The number of benzene rings is 3. The summed E-state index contributed by atoms with van der Waals surface area (Å²) in [6, 6.07) is 21.8. The van der Waals surface area contributed by atoms with Crippen LogP contribution in [0.2, 0.25) is 0 Å². The van der Waals surface area contributed by atoms with E-state index in [4.69, 9.17) is 19.2 Å². The van der Waals surface area contributed by atoms with Crippen LogP contribution in [0.3, 0.4) is 0 Å². The van der Waals surface area contributed by atoms with E-state index in [1.165, 1.54) is 17.7 Å². The molecule has 3 atom stereocenters. The number of piperidine rings is 1. The Morgan fingerprint density at radius 1 is 0.944 bits per heavy atom. The lowest BCUT2D eigenvalue weighted by molar-refractivity contribution is -0.384. The summed E-state index contributed by atoms with van der Waals surface area (Å²) in [5.41, 5.74) is 2.80. The Kier molecular flexibility index (Phi) is 15.3. The number of ether oxygens (including phenoxy) is 3. The molecule has 1 aromatic heterocycles. The molecule has 17 nitrogen and oxygen atoms in total. The van der Waals surface area contributed by atoms with Crippen molar-refractivity contribution in [3.63, 3.8) is 0 Å². The summed E-state index contributed by atoms with van der Waals surface area (Å²) in [5, 5.41) is 25.4. The number of aliphatic hydroxyl groups is 1. The van der Waals surface area contributed by atoms with Gasteiger partial charge in [0.05, 0.1) is 47.9 Å². The molecule has 9 rings (SSSR count). The number of carbonyl (C=O) groups excluding carboxylic acids is 1. The number of hydrogen-bond acceptors (Lipinski definition) is 15. The fourth-order valence-electron chi connectivity index (χ4n) is 11.9. The molecule has 0 radical (unpaired) electrons. The van der Waals surface area contributed by atoms with E-state index in [1.54, 1.807) is 19.2 Å². The third kappa shape index (κ3) is 11.3. The molecule has 5 fully saturated rings. The van der Waals surface area contributed by atoms with Gasteiger partial charge in [0.1, 0.15) is 11.4 Å². The Bertz CT molecular complexity index is 2660. The van der Waals surface area contributed by atoms with Crippen molar-refractivity contribution in [3.8, 4) is 11.5 Å². The molecule has 1 amide bonds. The smallest absolute Gasteiger partial charge is 0.293 e. The standard InChI is InChI=1S/C54H72N8O9S/c1-37(2)71-49-9-7-6-8-44(49)48-36-58(35-40-30-50(69-5)51(56-34-40)60-26-28-70-29-27-60)24-25-61(48)47-32-54(38(47)3)20-22-59(23-21-54)42-12-10-41(11-13-42)52(63)57-72(67,68)43-14-15-45(46(31-43)62(65)66)55-33-39-16-18-53(4,64)19-17-39/h6-15,30-31,34,37-39,47-48,55,64H,16-29,32-33,35-36H2,1-5H3,(H,57,63)/t38-,39?,47-,48-,53?/m1/s1. The molecular formula is C54H72N8O9S. The molecule has 2 saturated carbocycles. The number of amides is 1. The molecule has 4 heterocycles. The maximum atomic E-state index is 13.4. The van der Waals surface area contributed by atoms with Crippen molar-refractivity contribution in [2.45, 2.75) is 108 Å². The van der Waals surface area contributed by atoms with Gasteiger partial charge >= 0.3 is 0 Å². The molecule has 0 bridgehead atoms. The highest BCUT2D eigenvalue weighted by atomic mass is 32.2. The van der Waals surface area contributed by atoms with E-state index < -0.39 is 32.1 Å². The van der Waals surface area contributed by atoms with Gasteiger partial charge in [0.2, 0.25) is 0 Å². The number of nitro groups is 1. The summed E-state index contributed by atoms with van der Waals surface area (Å²) in [6.07, 6.45) is 8.12. The lowest BCUT2D eigenvalue weighted by Crippen LogP contribution is -2.64. The van der Waals surface area contributed by atoms with E-state index >= 15 is 0 Å². The van der Waals surface area contributed by atoms with Gasteiger partial charge in [-0.15, -0.1) is 0 Å². The molecule has 3 N–H and O–H groups in total. The molecule has 5 aliphatic rings. The molecule has 388 valence electrons. The van der Waals surface area contributed by atoms with Crippen LogP contribution in [-0.2, 0) is 21.3 Å². The number of nitrogens with one attached hydrogen (secondary N) is 2. The van der Waals surface area contributed by atoms with Crippen LogP contribution < -0.4 is 29.3 Å². The van der Waals surface area contributed by atoms with Crippen molar-refractivity contribution >= 4 is 38.8 Å². The minimum absolute atomic E-state index is 0.0483. The Balaban J connectivity index is 0.812. The number of sulfonamides is 1. The van der Waals surface area contributed by atoms with Gasteiger partial charge in [-0.3, -0.25) is 24.7 Å². The van der Waals surface area contributed by atoms with E-state index in [-0.39, 0.29) is 39.6 Å². The SMILES string of the molecule is COc1cc(CN2CCN([C@@H]3CC4(CCN(c5ccc(C(=O)NS(=O)(=O)c6ccc(NCC7CCC(C)(O)CC7)c([N+](=O)[O-])c6)cc5)CC4)[C@@H]3C)[C@@H](c3ccccc3OC(C)C)C2)cnc1N1CCOCC1. The van der Waals surface area contributed by atoms with E-state index in [1.807, 2.05) is 25.3 Å². The number of morpholine rings is 1. The van der Waals surface area contributed by atoms with Crippen LogP contribution in [-0.4, -0.2) is 130 Å². The maximum Gasteiger partial charge on any atom is 0.293 e. The molecule has 1 spiro atoms. The monoisotopic (exact) mass is 1010 g/mol. The molecule has 3 aromatic carbocycles. The zero-order chi connectivity index (χ0) is 50.8. The molecule has 4 aromatic rings. The first-order valence-electron chi connectivity index (χ1n) is 25.8. The summed E-state index contributed by atoms with van der Waals surface area (Å²) in [6.45, 7) is 17.1. The van der Waals surface area contributed by atoms with Crippen molar-refractivity contribution in [1.29, 1.82) is 0 Å². The third-order valence-corrected chi connectivity index (χ3v) is 17.6. The first kappa shape index (κ1) is 51.4. The Labute approximate surface area is 424 Å². The average Bonchev–Trinajstić information content (AvgIpc) is 3.38. The number of rotatable bonds is 16. The van der Waals surface area contributed by atoms with Crippen LogP contribution in [0.25, 0.3) is 0 Å². The quantitative estimate of drug-likeness (QED) is 0.0732. The number of piperazine rings is 1. The predicted octanol–water partition coefficient (Wildman–Crippen LogP) is 7.65. The number of hydrogen-bond donors (Lipinski definition) is 3. The van der Waals surface area contributed by atoms with Crippen molar-refractivity contribution in [1.82, 2.24) is 19.5 Å². The van der Waals surface area contributed by atoms with Crippen molar-refractivity contribution in [2.75, 3.05) is 87.8 Å². The third-order valence-electron chi connectivity index (χ3n) is 16.3. The predicted molar refractivity (Wildman–Crippen MR) is 277 cm³/mol. The molecule has 18 heteroatoms. The lowest BCUT2D eigenvalue weighted by atomic mass is 9.53. The Morgan fingerprint density at radius 2 is 1.67 bits per heavy atom. The number of carbonyl (C=O) groups is 1. The van der Waals surface area contributed by atoms with E-state index in [0.29, 0.717) is 44.6 Å². The minimum Gasteiger partial charge on any atom is -0.493 e. The summed E-state index contributed by atoms with van der Waals surface area (Å²) in [7, 11) is -2.71. The van der Waals surface area contributed by atoms with E-state index in [2.05, 4.69) is 80.7 Å². The zero-order valence-electron chi connectivity index (χ0n) is 42.4. The van der Waals surface area contributed by atoms with Crippen LogP contribution in [0.4, 0.5) is 22.9 Å². The number of para-hydroxylation sites is 1. The van der Waals surface area contributed by atoms with Gasteiger partial charge in [0.25, 0.3) is 21.6 Å². The fraction of sp³-hybridized carbons (Fsp3) is 0.556. The van der Waals surface area contributed by atoms with Crippen molar-refractivity contribution in [2.24, 2.45) is 17.3 Å². The second kappa shape index (κ2) is 21.5. The normalized spacial score (nSPS) is 24.9. The number of nitrogens with zero attached hydrogens (tertiary/aromatic N) is 6. The first-order chi connectivity index (χ1) is 34.5. The van der Waals surface area contributed by atoms with E-state index in [0.717, 1.165) is 119 Å². The van der Waals surface area contributed by atoms with Gasteiger partial charge in [-0.05, 0) is 137 Å². The fourth-order valence-corrected chi connectivity index (χ4v) is 12.9. The molecule has 2 aliphatic carbocycles.